The third-order valence-corrected chi connectivity index (χ3v) is 6.44. The molecule has 2 saturated heterocycles. The second-order valence-electron chi connectivity index (χ2n) is 7.60. The van der Waals surface area contributed by atoms with E-state index in [1.54, 1.807) is 30.0 Å². The van der Waals surface area contributed by atoms with Crippen molar-refractivity contribution in [3.8, 4) is 11.5 Å². The molecular weight excluding hydrogens is 442 g/mol. The number of benzene rings is 2. The van der Waals surface area contributed by atoms with Gasteiger partial charge in [0.15, 0.2) is 11.5 Å². The van der Waals surface area contributed by atoms with E-state index in [1.807, 2.05) is 30.3 Å². The summed E-state index contributed by atoms with van der Waals surface area (Å²) in [5, 5.41) is 9.87. The lowest BCUT2D eigenvalue weighted by atomic mass is 10.1. The van der Waals surface area contributed by atoms with Gasteiger partial charge in [-0.2, -0.15) is 0 Å². The minimum absolute atomic E-state index is 0.0986. The number of phenolic OH excluding ortho intramolecular Hbond substituents is 1. The van der Waals surface area contributed by atoms with Crippen LogP contribution < -0.4 is 9.64 Å². The second-order valence-corrected chi connectivity index (χ2v) is 8.59. The Balaban J connectivity index is 1.39. The van der Waals surface area contributed by atoms with Crippen LogP contribution >= 0.6 is 11.8 Å². The number of amides is 3. The molecule has 0 bridgehead atoms. The normalized spacial score (nSPS) is 17.7. The quantitative estimate of drug-likeness (QED) is 0.653. The number of imide groups is 1. The Kier molecular flexibility index (Phi) is 6.88. The molecule has 0 radical (unpaired) electrons. The molecule has 0 atom stereocenters. The van der Waals surface area contributed by atoms with Gasteiger partial charge in [0.25, 0.3) is 11.1 Å². The van der Waals surface area contributed by atoms with E-state index in [0.717, 1.165) is 22.3 Å². The summed E-state index contributed by atoms with van der Waals surface area (Å²) in [5.74, 6) is -0.594. The maximum absolute atomic E-state index is 12.8. The van der Waals surface area contributed by atoms with Crippen LogP contribution in [0.5, 0.6) is 11.5 Å². The van der Waals surface area contributed by atoms with Crippen molar-refractivity contribution in [1.82, 2.24) is 9.80 Å². The molecule has 2 aliphatic rings. The number of carbonyl (C=O) groups is 3. The van der Waals surface area contributed by atoms with Crippen molar-refractivity contribution in [2.45, 2.75) is 6.92 Å². The van der Waals surface area contributed by atoms with Gasteiger partial charge < -0.3 is 19.6 Å². The molecule has 0 aliphatic carbocycles. The number of aromatic hydroxyl groups is 1. The van der Waals surface area contributed by atoms with Crippen LogP contribution in [0.3, 0.4) is 0 Å². The standard InChI is InChI=1S/C24H25N3O5S/c1-2-32-19-10-6-7-17(22(19)29)15-20-23(30)27(24(31)33-20)16-21(28)26-13-11-25(12-14-26)18-8-4-3-5-9-18/h3-10,15,29H,2,11-14,16H2,1H3/b20-15+. The van der Waals surface area contributed by atoms with Crippen LogP contribution in [0.15, 0.2) is 53.4 Å². The van der Waals surface area contributed by atoms with Crippen LogP contribution in [0.25, 0.3) is 6.08 Å². The fourth-order valence-electron chi connectivity index (χ4n) is 3.79. The number of phenols is 1. The van der Waals surface area contributed by atoms with Crippen molar-refractivity contribution < 1.29 is 24.2 Å². The lowest BCUT2D eigenvalue weighted by molar-refractivity contribution is -0.136. The minimum atomic E-state index is -0.539. The molecule has 2 aliphatic heterocycles. The molecule has 0 saturated carbocycles. The molecule has 2 aromatic carbocycles. The molecule has 2 heterocycles. The first kappa shape index (κ1) is 22.7. The Labute approximate surface area is 196 Å². The van der Waals surface area contributed by atoms with Crippen molar-refractivity contribution in [2.24, 2.45) is 0 Å². The SMILES string of the molecule is CCOc1cccc(/C=C2/SC(=O)N(CC(=O)N3CCN(c4ccccc4)CC3)C2=O)c1O. The largest absolute Gasteiger partial charge is 0.504 e. The number of hydrogen-bond acceptors (Lipinski definition) is 7. The summed E-state index contributed by atoms with van der Waals surface area (Å²) in [6.07, 6.45) is 1.45. The van der Waals surface area contributed by atoms with E-state index >= 15 is 0 Å². The van der Waals surface area contributed by atoms with Crippen molar-refractivity contribution in [1.29, 1.82) is 0 Å². The predicted octanol–water partition coefficient (Wildman–Crippen LogP) is 3.18. The number of piperazine rings is 1. The van der Waals surface area contributed by atoms with Crippen LogP contribution in [-0.2, 0) is 9.59 Å². The number of para-hydroxylation sites is 2. The molecular formula is C24H25N3O5S. The van der Waals surface area contributed by atoms with Gasteiger partial charge in [-0.25, -0.2) is 0 Å². The summed E-state index contributed by atoms with van der Waals surface area (Å²) < 4.78 is 5.36. The molecule has 0 unspecified atom stereocenters. The number of anilines is 1. The van der Waals surface area contributed by atoms with Crippen LogP contribution in [0, 0.1) is 0 Å². The van der Waals surface area contributed by atoms with Crippen molar-refractivity contribution >= 4 is 40.6 Å². The lowest BCUT2D eigenvalue weighted by Gasteiger charge is -2.36. The first-order valence-corrected chi connectivity index (χ1v) is 11.6. The predicted molar refractivity (Wildman–Crippen MR) is 127 cm³/mol. The Hall–Kier alpha value is -3.46. The fraction of sp³-hybridized carbons (Fsp3) is 0.292. The average Bonchev–Trinajstić information content (AvgIpc) is 3.09. The second kappa shape index (κ2) is 9.99. The van der Waals surface area contributed by atoms with Crippen molar-refractivity contribution in [2.75, 3.05) is 44.2 Å². The molecule has 9 heteroatoms. The molecule has 0 spiro atoms. The summed E-state index contributed by atoms with van der Waals surface area (Å²) in [6, 6.07) is 14.9. The molecule has 4 rings (SSSR count). The van der Waals surface area contributed by atoms with E-state index in [2.05, 4.69) is 4.90 Å². The minimum Gasteiger partial charge on any atom is -0.504 e. The number of carbonyl (C=O) groups excluding carboxylic acids is 3. The molecule has 3 amide bonds. The van der Waals surface area contributed by atoms with Gasteiger partial charge in [0, 0.05) is 37.4 Å². The zero-order valence-corrected chi connectivity index (χ0v) is 19.1. The molecule has 2 aromatic rings. The molecule has 8 nitrogen and oxygen atoms in total. The summed E-state index contributed by atoms with van der Waals surface area (Å²) >= 11 is 0.758. The van der Waals surface area contributed by atoms with Gasteiger partial charge in [-0.15, -0.1) is 0 Å². The smallest absolute Gasteiger partial charge is 0.294 e. The summed E-state index contributed by atoms with van der Waals surface area (Å²) in [5.41, 5.74) is 1.48. The van der Waals surface area contributed by atoms with E-state index in [-0.39, 0.29) is 23.1 Å². The van der Waals surface area contributed by atoms with Gasteiger partial charge in [-0.05, 0) is 43.0 Å². The highest BCUT2D eigenvalue weighted by molar-refractivity contribution is 8.18. The first-order valence-electron chi connectivity index (χ1n) is 10.8. The number of hydrogen-bond donors (Lipinski definition) is 1. The van der Waals surface area contributed by atoms with Crippen LogP contribution in [0.1, 0.15) is 12.5 Å². The number of rotatable bonds is 6. The van der Waals surface area contributed by atoms with Crippen LogP contribution in [-0.4, -0.2) is 71.3 Å². The summed E-state index contributed by atoms with van der Waals surface area (Å²) in [6.45, 7) is 4.32. The monoisotopic (exact) mass is 467 g/mol. The molecule has 0 aromatic heterocycles. The first-order chi connectivity index (χ1) is 16.0. The van der Waals surface area contributed by atoms with E-state index in [9.17, 15) is 19.5 Å². The molecule has 172 valence electrons. The highest BCUT2D eigenvalue weighted by Crippen LogP contribution is 2.36. The van der Waals surface area contributed by atoms with E-state index in [1.165, 1.54) is 6.08 Å². The topological polar surface area (TPSA) is 90.4 Å². The summed E-state index contributed by atoms with van der Waals surface area (Å²) in [4.78, 5) is 43.1. The number of ether oxygens (including phenoxy) is 1. The highest BCUT2D eigenvalue weighted by atomic mass is 32.2. The van der Waals surface area contributed by atoms with Gasteiger partial charge in [0.05, 0.1) is 11.5 Å². The van der Waals surface area contributed by atoms with E-state index in [4.69, 9.17) is 4.74 Å². The van der Waals surface area contributed by atoms with Crippen molar-refractivity contribution in [3.63, 3.8) is 0 Å². The Morgan fingerprint density at radius 2 is 1.79 bits per heavy atom. The molecule has 1 N–H and O–H groups in total. The fourth-order valence-corrected chi connectivity index (χ4v) is 4.62. The van der Waals surface area contributed by atoms with E-state index in [0.29, 0.717) is 44.1 Å². The maximum atomic E-state index is 12.8. The summed E-state index contributed by atoms with van der Waals surface area (Å²) in [7, 11) is 0. The Morgan fingerprint density at radius 3 is 2.48 bits per heavy atom. The molecule has 2 fully saturated rings. The van der Waals surface area contributed by atoms with Gasteiger partial charge in [-0.3, -0.25) is 19.3 Å². The van der Waals surface area contributed by atoms with Gasteiger partial charge in [-0.1, -0.05) is 30.3 Å². The zero-order chi connectivity index (χ0) is 23.4. The van der Waals surface area contributed by atoms with E-state index < -0.39 is 11.1 Å². The number of nitrogens with zero attached hydrogens (tertiary/aromatic N) is 3. The lowest BCUT2D eigenvalue weighted by Crippen LogP contribution is -2.51. The van der Waals surface area contributed by atoms with Crippen LogP contribution in [0.4, 0.5) is 10.5 Å². The number of thioether (sulfide) groups is 1. The maximum Gasteiger partial charge on any atom is 0.294 e. The van der Waals surface area contributed by atoms with Gasteiger partial charge in [0.1, 0.15) is 6.54 Å². The zero-order valence-electron chi connectivity index (χ0n) is 18.3. The highest BCUT2D eigenvalue weighted by Gasteiger charge is 2.37. The molecule has 33 heavy (non-hydrogen) atoms. The van der Waals surface area contributed by atoms with Crippen LogP contribution in [0.2, 0.25) is 0 Å². The van der Waals surface area contributed by atoms with Gasteiger partial charge >= 0.3 is 0 Å². The third kappa shape index (κ3) is 4.98. The van der Waals surface area contributed by atoms with Crippen molar-refractivity contribution in [3.05, 3.63) is 59.0 Å². The Morgan fingerprint density at radius 1 is 1.06 bits per heavy atom. The Bertz CT molecular complexity index is 1080. The average molecular weight is 468 g/mol. The third-order valence-electron chi connectivity index (χ3n) is 5.54. The van der Waals surface area contributed by atoms with Gasteiger partial charge in [0.2, 0.25) is 5.91 Å².